The molecule has 0 amide bonds. The molecule has 2 nitrogen and oxygen atoms in total. The van der Waals surface area contributed by atoms with Crippen molar-refractivity contribution in [3.05, 3.63) is 164 Å². The number of fused-ring (bicyclic) bond motifs is 6. The van der Waals surface area contributed by atoms with Crippen molar-refractivity contribution < 1.29 is 0 Å². The van der Waals surface area contributed by atoms with Gasteiger partial charge in [0.1, 0.15) is 0 Å². The van der Waals surface area contributed by atoms with E-state index in [1.54, 1.807) is 0 Å². The van der Waals surface area contributed by atoms with Crippen LogP contribution < -0.4 is 9.80 Å². The van der Waals surface area contributed by atoms with Crippen molar-refractivity contribution in [3.8, 4) is 0 Å². The number of benzene rings is 3. The van der Waals surface area contributed by atoms with Gasteiger partial charge in [0.05, 0.1) is 11.4 Å². The Labute approximate surface area is 219 Å². The van der Waals surface area contributed by atoms with E-state index >= 15 is 0 Å². The van der Waals surface area contributed by atoms with Crippen LogP contribution in [0.3, 0.4) is 0 Å². The SMILES string of the molecule is C=C/C=C(\C=CC)N1/C=C\C=C/C(=C)c2c1c1c(c3ccccc23)C(=C)/C=C\C=C/N1c1ccccc1. The number of nitrogens with zero attached hydrogens (tertiary/aromatic N) is 2. The van der Waals surface area contributed by atoms with Crippen LogP contribution in [0, 0.1) is 0 Å². The third-order valence-electron chi connectivity index (χ3n) is 6.51. The molecule has 37 heavy (non-hydrogen) atoms. The van der Waals surface area contributed by atoms with Gasteiger partial charge in [-0.3, -0.25) is 0 Å². The van der Waals surface area contributed by atoms with Crippen molar-refractivity contribution in [2.45, 2.75) is 6.92 Å². The molecule has 3 aromatic rings. The molecule has 2 heterocycles. The lowest BCUT2D eigenvalue weighted by molar-refractivity contribution is 1.17. The fourth-order valence-corrected chi connectivity index (χ4v) is 4.99. The highest BCUT2D eigenvalue weighted by atomic mass is 15.2. The summed E-state index contributed by atoms with van der Waals surface area (Å²) in [6, 6.07) is 19.0. The van der Waals surface area contributed by atoms with Crippen molar-refractivity contribution >= 4 is 39.0 Å². The van der Waals surface area contributed by atoms with Crippen molar-refractivity contribution in [2.24, 2.45) is 0 Å². The maximum atomic E-state index is 4.52. The molecule has 0 fully saturated rings. The smallest absolute Gasteiger partial charge is 0.0789 e. The third-order valence-corrected chi connectivity index (χ3v) is 6.51. The van der Waals surface area contributed by atoms with Crippen molar-refractivity contribution in [2.75, 3.05) is 9.80 Å². The van der Waals surface area contributed by atoms with E-state index in [-0.39, 0.29) is 0 Å². The van der Waals surface area contributed by atoms with E-state index in [0.29, 0.717) is 0 Å². The van der Waals surface area contributed by atoms with Crippen molar-refractivity contribution in [1.29, 1.82) is 0 Å². The minimum Gasteiger partial charge on any atom is -0.315 e. The first-order chi connectivity index (χ1) is 18.2. The summed E-state index contributed by atoms with van der Waals surface area (Å²) >= 11 is 0. The number of para-hydroxylation sites is 1. The molecule has 0 saturated carbocycles. The summed E-state index contributed by atoms with van der Waals surface area (Å²) in [6.07, 6.45) is 24.6. The van der Waals surface area contributed by atoms with E-state index in [4.69, 9.17) is 0 Å². The Bertz CT molecular complexity index is 1570. The Balaban J connectivity index is 2.03. The van der Waals surface area contributed by atoms with Gasteiger partial charge >= 0.3 is 0 Å². The molecule has 180 valence electrons. The molecule has 3 aromatic carbocycles. The van der Waals surface area contributed by atoms with Gasteiger partial charge in [-0.2, -0.15) is 0 Å². The highest BCUT2D eigenvalue weighted by Crippen LogP contribution is 2.51. The fourth-order valence-electron chi connectivity index (χ4n) is 4.99. The molecular formula is C35H30N2. The van der Waals surface area contributed by atoms with Gasteiger partial charge < -0.3 is 9.80 Å². The second-order valence-electron chi connectivity index (χ2n) is 8.85. The highest BCUT2D eigenvalue weighted by Gasteiger charge is 2.29. The quantitative estimate of drug-likeness (QED) is 0.344. The average molecular weight is 479 g/mol. The molecule has 2 aliphatic rings. The highest BCUT2D eigenvalue weighted by molar-refractivity contribution is 6.14. The molecule has 5 rings (SSSR count). The number of rotatable bonds is 4. The Morgan fingerprint density at radius 3 is 1.95 bits per heavy atom. The Morgan fingerprint density at radius 2 is 1.32 bits per heavy atom. The lowest BCUT2D eigenvalue weighted by atomic mass is 9.87. The number of hydrogen-bond acceptors (Lipinski definition) is 2. The molecule has 2 heteroatoms. The summed E-state index contributed by atoms with van der Waals surface area (Å²) in [6.45, 7) is 15.1. The molecule has 0 aromatic heterocycles. The lowest BCUT2D eigenvalue weighted by Crippen LogP contribution is -2.22. The molecule has 0 saturated heterocycles. The molecule has 2 aliphatic heterocycles. The minimum atomic E-state index is 0.946. The number of hydrogen-bond donors (Lipinski definition) is 0. The maximum Gasteiger partial charge on any atom is 0.0789 e. The summed E-state index contributed by atoms with van der Waals surface area (Å²) < 4.78 is 0. The third kappa shape index (κ3) is 4.34. The molecule has 0 aliphatic carbocycles. The Morgan fingerprint density at radius 1 is 0.730 bits per heavy atom. The van der Waals surface area contributed by atoms with E-state index in [0.717, 1.165) is 55.8 Å². The van der Waals surface area contributed by atoms with Crippen molar-refractivity contribution in [3.63, 3.8) is 0 Å². The zero-order chi connectivity index (χ0) is 25.8. The Hall–Kier alpha value is -4.82. The molecule has 0 spiro atoms. The van der Waals surface area contributed by atoms with Crippen LogP contribution in [0.15, 0.2) is 153 Å². The van der Waals surface area contributed by atoms with E-state index in [1.807, 2.05) is 37.3 Å². The topological polar surface area (TPSA) is 6.48 Å². The zero-order valence-electron chi connectivity index (χ0n) is 21.1. The van der Waals surface area contributed by atoms with E-state index in [2.05, 4.69) is 127 Å². The van der Waals surface area contributed by atoms with Crippen LogP contribution in [0.5, 0.6) is 0 Å². The first-order valence-corrected chi connectivity index (χ1v) is 12.4. The zero-order valence-corrected chi connectivity index (χ0v) is 21.1. The maximum absolute atomic E-state index is 4.52. The predicted molar refractivity (Wildman–Crippen MR) is 163 cm³/mol. The van der Waals surface area contributed by atoms with Gasteiger partial charge in [-0.05, 0) is 65.3 Å². The molecule has 0 bridgehead atoms. The largest absolute Gasteiger partial charge is 0.315 e. The summed E-state index contributed by atoms with van der Waals surface area (Å²) in [4.78, 5) is 4.50. The first kappa shape index (κ1) is 23.9. The van der Waals surface area contributed by atoms with Crippen LogP contribution in [0.1, 0.15) is 18.1 Å². The van der Waals surface area contributed by atoms with E-state index in [1.165, 1.54) is 0 Å². The van der Waals surface area contributed by atoms with Crippen LogP contribution in [-0.2, 0) is 0 Å². The average Bonchev–Trinajstić information content (AvgIpc) is 2.90. The second-order valence-corrected chi connectivity index (χ2v) is 8.85. The van der Waals surface area contributed by atoms with Gasteiger partial charge in [0.2, 0.25) is 0 Å². The normalized spacial score (nSPS) is 18.9. The molecular weight excluding hydrogens is 448 g/mol. The molecule has 0 radical (unpaired) electrons. The van der Waals surface area contributed by atoms with Gasteiger partial charge in [-0.25, -0.2) is 0 Å². The van der Waals surface area contributed by atoms with Crippen LogP contribution in [0.25, 0.3) is 21.9 Å². The molecule has 0 unspecified atom stereocenters. The summed E-state index contributed by atoms with van der Waals surface area (Å²) in [5.74, 6) is 0. The van der Waals surface area contributed by atoms with E-state index < -0.39 is 0 Å². The van der Waals surface area contributed by atoms with Gasteiger partial charge in [0.15, 0.2) is 0 Å². The lowest BCUT2D eigenvalue weighted by Gasteiger charge is -2.36. The van der Waals surface area contributed by atoms with Gasteiger partial charge in [-0.15, -0.1) is 0 Å². The molecule has 0 atom stereocenters. The first-order valence-electron chi connectivity index (χ1n) is 12.4. The number of allylic oxidation sites excluding steroid dienone is 12. The predicted octanol–water partition coefficient (Wildman–Crippen LogP) is 9.62. The van der Waals surface area contributed by atoms with E-state index in [9.17, 15) is 0 Å². The summed E-state index contributed by atoms with van der Waals surface area (Å²) in [5.41, 5.74) is 8.22. The van der Waals surface area contributed by atoms with Crippen LogP contribution in [-0.4, -0.2) is 0 Å². The molecule has 0 N–H and O–H groups in total. The fraction of sp³-hybridized carbons (Fsp3) is 0.0286. The van der Waals surface area contributed by atoms with Gasteiger partial charge in [0, 0.05) is 34.9 Å². The standard InChI is InChI=1S/C35H30N2/c1-5-16-28(17-6-2)36-24-14-12-18-26(3)32-30-22-10-11-23-31(30)33-27(4)19-13-15-25-37(35(33)34(32)36)29-20-8-7-9-21-29/h5-25H,1,3-4H2,2H3/b17-6?,18-12-,19-13-,24-14-,25-15-,28-16+. The van der Waals surface area contributed by atoms with Crippen LogP contribution in [0.2, 0.25) is 0 Å². The number of anilines is 3. The van der Waals surface area contributed by atoms with Gasteiger partial charge in [-0.1, -0.05) is 98.7 Å². The minimum absolute atomic E-state index is 0.946. The van der Waals surface area contributed by atoms with Crippen molar-refractivity contribution in [1.82, 2.24) is 0 Å². The summed E-state index contributed by atoms with van der Waals surface area (Å²) in [5, 5.41) is 2.28. The monoisotopic (exact) mass is 478 g/mol. The van der Waals surface area contributed by atoms with Gasteiger partial charge in [0.25, 0.3) is 0 Å². The van der Waals surface area contributed by atoms with Crippen LogP contribution in [0.4, 0.5) is 17.1 Å². The van der Waals surface area contributed by atoms with Crippen LogP contribution >= 0.6 is 0 Å². The Kier molecular flexibility index (Phi) is 6.74. The second kappa shape index (κ2) is 10.4. The summed E-state index contributed by atoms with van der Waals surface area (Å²) in [7, 11) is 0.